The maximum absolute atomic E-state index is 12.7. The summed E-state index contributed by atoms with van der Waals surface area (Å²) < 4.78 is 5.51. The highest BCUT2D eigenvalue weighted by Crippen LogP contribution is 2.30. The first-order valence-corrected chi connectivity index (χ1v) is 11.7. The molecule has 0 bridgehead atoms. The molecule has 0 saturated carbocycles. The lowest BCUT2D eigenvalue weighted by Gasteiger charge is -2.15. The Bertz CT molecular complexity index is 1310. The Kier molecular flexibility index (Phi) is 4.82. The predicted molar refractivity (Wildman–Crippen MR) is 125 cm³/mol. The van der Waals surface area contributed by atoms with Crippen LogP contribution >= 0.6 is 0 Å². The molecule has 0 fully saturated rings. The number of H-pyrrole nitrogens is 1. The molecular weight excluding hydrogens is 398 g/mol. The summed E-state index contributed by atoms with van der Waals surface area (Å²) in [6.45, 7) is 0.468. The number of hydrogen-bond acceptors (Lipinski definition) is 3. The molecule has 0 atom stereocenters. The number of amides is 1. The molecule has 2 heterocycles. The van der Waals surface area contributed by atoms with Gasteiger partial charge in [0, 0.05) is 34.8 Å². The van der Waals surface area contributed by atoms with Gasteiger partial charge in [0.25, 0.3) is 5.91 Å². The normalized spacial score (nSPS) is 15.4. The summed E-state index contributed by atoms with van der Waals surface area (Å²) in [7, 11) is 0. The van der Waals surface area contributed by atoms with E-state index in [0.29, 0.717) is 18.0 Å². The number of aryl methyl sites for hydroxylation is 4. The standard InChI is InChI=1S/C27H27N3O2/c31-27(25-15-26(32-30-25)20-11-10-18-5-1-2-6-19(18)14-20)28-16-17-9-12-24-22(13-17)21-7-3-4-8-23(21)29-24/h9-15,29H,1-8,16H2,(H,28,31). The van der Waals surface area contributed by atoms with E-state index in [0.717, 1.165) is 36.8 Å². The third-order valence-corrected chi connectivity index (χ3v) is 6.99. The molecule has 6 rings (SSSR count). The van der Waals surface area contributed by atoms with Crippen LogP contribution in [-0.2, 0) is 32.2 Å². The molecule has 0 saturated heterocycles. The van der Waals surface area contributed by atoms with Crippen molar-refractivity contribution in [3.63, 3.8) is 0 Å². The van der Waals surface area contributed by atoms with Gasteiger partial charge in [0.2, 0.25) is 0 Å². The van der Waals surface area contributed by atoms with Crippen LogP contribution in [0.2, 0.25) is 0 Å². The lowest BCUT2D eigenvalue weighted by atomic mass is 9.90. The van der Waals surface area contributed by atoms with Crippen molar-refractivity contribution in [1.29, 1.82) is 0 Å². The first-order chi connectivity index (χ1) is 15.7. The molecule has 2 aliphatic carbocycles. The van der Waals surface area contributed by atoms with Gasteiger partial charge >= 0.3 is 0 Å². The van der Waals surface area contributed by atoms with Gasteiger partial charge in [-0.05, 0) is 91.8 Å². The Labute approximate surface area is 187 Å². The zero-order chi connectivity index (χ0) is 21.5. The largest absolute Gasteiger partial charge is 0.358 e. The Morgan fingerprint density at radius 1 is 0.938 bits per heavy atom. The van der Waals surface area contributed by atoms with Crippen molar-refractivity contribution in [2.75, 3.05) is 0 Å². The Balaban J connectivity index is 1.16. The number of aromatic nitrogens is 2. The van der Waals surface area contributed by atoms with Gasteiger partial charge < -0.3 is 14.8 Å². The highest BCUT2D eigenvalue weighted by atomic mass is 16.5. The van der Waals surface area contributed by atoms with E-state index in [4.69, 9.17) is 4.52 Å². The molecule has 2 aliphatic rings. The Morgan fingerprint density at radius 2 is 1.78 bits per heavy atom. The van der Waals surface area contributed by atoms with Gasteiger partial charge in [0.1, 0.15) is 0 Å². The molecule has 0 unspecified atom stereocenters. The molecule has 5 heteroatoms. The van der Waals surface area contributed by atoms with Gasteiger partial charge in [-0.2, -0.15) is 0 Å². The van der Waals surface area contributed by atoms with E-state index >= 15 is 0 Å². The minimum atomic E-state index is -0.214. The summed E-state index contributed by atoms with van der Waals surface area (Å²) >= 11 is 0. The molecule has 2 N–H and O–H groups in total. The van der Waals surface area contributed by atoms with Crippen LogP contribution in [0.3, 0.4) is 0 Å². The van der Waals surface area contributed by atoms with Crippen LogP contribution in [-0.4, -0.2) is 16.0 Å². The topological polar surface area (TPSA) is 70.9 Å². The number of fused-ring (bicyclic) bond motifs is 4. The number of nitrogens with one attached hydrogen (secondary N) is 2. The van der Waals surface area contributed by atoms with E-state index in [2.05, 4.69) is 51.9 Å². The summed E-state index contributed by atoms with van der Waals surface area (Å²) in [6.07, 6.45) is 9.53. The molecule has 162 valence electrons. The van der Waals surface area contributed by atoms with Crippen molar-refractivity contribution in [2.24, 2.45) is 0 Å². The van der Waals surface area contributed by atoms with Crippen molar-refractivity contribution >= 4 is 16.8 Å². The summed E-state index contributed by atoms with van der Waals surface area (Å²) in [5, 5.41) is 8.31. The lowest BCUT2D eigenvalue weighted by molar-refractivity contribution is 0.0942. The first-order valence-electron chi connectivity index (χ1n) is 11.7. The van der Waals surface area contributed by atoms with Crippen LogP contribution in [0, 0.1) is 0 Å². The minimum absolute atomic E-state index is 0.214. The van der Waals surface area contributed by atoms with Gasteiger partial charge in [0.05, 0.1) is 0 Å². The van der Waals surface area contributed by atoms with Crippen molar-refractivity contribution in [3.05, 3.63) is 76.1 Å². The Morgan fingerprint density at radius 3 is 2.72 bits per heavy atom. The second-order valence-electron chi connectivity index (χ2n) is 9.12. The number of aromatic amines is 1. The van der Waals surface area contributed by atoms with Crippen LogP contribution in [0.4, 0.5) is 0 Å². The Hall–Kier alpha value is -3.34. The monoisotopic (exact) mass is 425 g/mol. The maximum Gasteiger partial charge on any atom is 0.273 e. The lowest BCUT2D eigenvalue weighted by Crippen LogP contribution is -2.23. The summed E-state index contributed by atoms with van der Waals surface area (Å²) in [5.41, 5.74) is 9.24. The van der Waals surface area contributed by atoms with Crippen LogP contribution in [0.25, 0.3) is 22.2 Å². The molecule has 5 nitrogen and oxygen atoms in total. The second-order valence-corrected chi connectivity index (χ2v) is 9.12. The average molecular weight is 426 g/mol. The number of nitrogens with zero attached hydrogens (tertiary/aromatic N) is 1. The van der Waals surface area contributed by atoms with E-state index in [1.807, 2.05) is 0 Å². The van der Waals surface area contributed by atoms with Crippen molar-refractivity contribution < 1.29 is 9.32 Å². The molecule has 2 aromatic carbocycles. The number of rotatable bonds is 4. The van der Waals surface area contributed by atoms with Gasteiger partial charge in [-0.15, -0.1) is 0 Å². The SMILES string of the molecule is O=C(NCc1ccc2[nH]c3c(c2c1)CCCC3)c1cc(-c2ccc3c(c2)CCCC3)on1. The highest BCUT2D eigenvalue weighted by Gasteiger charge is 2.18. The van der Waals surface area contributed by atoms with Gasteiger partial charge in [-0.1, -0.05) is 23.4 Å². The summed E-state index contributed by atoms with van der Waals surface area (Å²) in [5.74, 6) is 0.429. The van der Waals surface area contributed by atoms with Crippen LogP contribution < -0.4 is 5.32 Å². The van der Waals surface area contributed by atoms with Gasteiger partial charge in [0.15, 0.2) is 11.5 Å². The molecule has 4 aromatic rings. The number of benzene rings is 2. The van der Waals surface area contributed by atoms with Crippen LogP contribution in [0.5, 0.6) is 0 Å². The quantitative estimate of drug-likeness (QED) is 0.453. The van der Waals surface area contributed by atoms with Gasteiger partial charge in [-0.25, -0.2) is 0 Å². The molecule has 0 radical (unpaired) electrons. The first kappa shape index (κ1) is 19.4. The molecule has 1 amide bonds. The molecular formula is C27H27N3O2. The van der Waals surface area contributed by atoms with Crippen LogP contribution in [0.1, 0.15) is 64.1 Å². The number of carbonyl (C=O) groups is 1. The smallest absolute Gasteiger partial charge is 0.273 e. The van der Waals surface area contributed by atoms with E-state index in [9.17, 15) is 4.79 Å². The zero-order valence-corrected chi connectivity index (χ0v) is 18.2. The number of carbonyl (C=O) groups excluding carboxylic acids is 1. The van der Waals surface area contributed by atoms with E-state index < -0.39 is 0 Å². The molecule has 0 aliphatic heterocycles. The fraction of sp³-hybridized carbons (Fsp3) is 0.333. The van der Waals surface area contributed by atoms with E-state index in [1.54, 1.807) is 6.07 Å². The third-order valence-electron chi connectivity index (χ3n) is 6.99. The fourth-order valence-corrected chi connectivity index (χ4v) is 5.24. The summed E-state index contributed by atoms with van der Waals surface area (Å²) in [4.78, 5) is 16.3. The van der Waals surface area contributed by atoms with E-state index in [1.165, 1.54) is 59.0 Å². The van der Waals surface area contributed by atoms with E-state index in [-0.39, 0.29) is 5.91 Å². The van der Waals surface area contributed by atoms with Crippen molar-refractivity contribution in [1.82, 2.24) is 15.5 Å². The van der Waals surface area contributed by atoms with Gasteiger partial charge in [-0.3, -0.25) is 4.79 Å². The summed E-state index contributed by atoms with van der Waals surface area (Å²) in [6, 6.07) is 14.6. The average Bonchev–Trinajstić information content (AvgIpc) is 3.47. The third kappa shape index (κ3) is 3.52. The van der Waals surface area contributed by atoms with Crippen molar-refractivity contribution in [2.45, 2.75) is 57.9 Å². The predicted octanol–water partition coefficient (Wildman–Crippen LogP) is 5.51. The van der Waals surface area contributed by atoms with Crippen molar-refractivity contribution in [3.8, 4) is 11.3 Å². The maximum atomic E-state index is 12.7. The molecule has 2 aromatic heterocycles. The minimum Gasteiger partial charge on any atom is -0.358 e. The number of hydrogen-bond donors (Lipinski definition) is 2. The molecule has 32 heavy (non-hydrogen) atoms. The fourth-order valence-electron chi connectivity index (χ4n) is 5.24. The highest BCUT2D eigenvalue weighted by molar-refractivity contribution is 5.93. The van der Waals surface area contributed by atoms with Crippen LogP contribution in [0.15, 0.2) is 47.0 Å². The second kappa shape index (κ2) is 7.97. The zero-order valence-electron chi connectivity index (χ0n) is 18.2. The molecule has 0 spiro atoms.